The zero-order valence-electron chi connectivity index (χ0n) is 8.79. The van der Waals surface area contributed by atoms with Gasteiger partial charge in [0.05, 0.1) is 11.1 Å². The van der Waals surface area contributed by atoms with E-state index in [4.69, 9.17) is 10.2 Å². The summed E-state index contributed by atoms with van der Waals surface area (Å²) in [4.78, 5) is 21.7. The molecule has 15 heavy (non-hydrogen) atoms. The molecule has 0 heterocycles. The molecule has 0 bridgehead atoms. The highest BCUT2D eigenvalue weighted by Gasteiger charge is 2.17. The van der Waals surface area contributed by atoms with Gasteiger partial charge >= 0.3 is 11.9 Å². The van der Waals surface area contributed by atoms with E-state index >= 15 is 0 Å². The van der Waals surface area contributed by atoms with E-state index in [9.17, 15) is 9.59 Å². The predicted molar refractivity (Wildman–Crippen MR) is 54.6 cm³/mol. The second-order valence-corrected chi connectivity index (χ2v) is 3.46. The van der Waals surface area contributed by atoms with E-state index in [1.54, 1.807) is 20.8 Å². The van der Waals surface area contributed by atoms with E-state index in [-0.39, 0.29) is 11.1 Å². The van der Waals surface area contributed by atoms with Crippen molar-refractivity contribution in [3.05, 3.63) is 33.9 Å². The number of aromatic carboxylic acids is 2. The summed E-state index contributed by atoms with van der Waals surface area (Å²) in [6.07, 6.45) is 0. The topological polar surface area (TPSA) is 74.6 Å². The first-order valence-electron chi connectivity index (χ1n) is 4.43. The van der Waals surface area contributed by atoms with Crippen LogP contribution in [-0.4, -0.2) is 22.2 Å². The quantitative estimate of drug-likeness (QED) is 0.779. The second kappa shape index (κ2) is 3.73. The van der Waals surface area contributed by atoms with Crippen LogP contribution in [0.2, 0.25) is 0 Å². The lowest BCUT2D eigenvalue weighted by Crippen LogP contribution is -2.09. The molecule has 0 amide bonds. The Bertz CT molecular complexity index is 408. The summed E-state index contributed by atoms with van der Waals surface area (Å²) in [7, 11) is 0. The van der Waals surface area contributed by atoms with Crippen molar-refractivity contribution in [2.24, 2.45) is 0 Å². The molecular formula is C11H12O4. The molecule has 0 aromatic heterocycles. The number of hydrogen-bond donors (Lipinski definition) is 2. The van der Waals surface area contributed by atoms with Crippen LogP contribution >= 0.6 is 0 Å². The first-order valence-corrected chi connectivity index (χ1v) is 4.43. The summed E-state index contributed by atoms with van der Waals surface area (Å²) < 4.78 is 0. The van der Waals surface area contributed by atoms with Crippen LogP contribution < -0.4 is 0 Å². The number of benzene rings is 1. The molecule has 2 N–H and O–H groups in total. The van der Waals surface area contributed by atoms with Gasteiger partial charge in [-0.15, -0.1) is 0 Å². The summed E-state index contributed by atoms with van der Waals surface area (Å²) in [6, 6.07) is 1.21. The fourth-order valence-corrected chi connectivity index (χ4v) is 1.49. The molecule has 0 radical (unpaired) electrons. The molecule has 0 saturated heterocycles. The van der Waals surface area contributed by atoms with Crippen LogP contribution in [0.15, 0.2) is 6.07 Å². The molecule has 0 fully saturated rings. The van der Waals surface area contributed by atoms with Crippen molar-refractivity contribution in [3.8, 4) is 0 Å². The number of carboxylic acid groups (broad SMARTS) is 2. The maximum absolute atomic E-state index is 10.9. The standard InChI is InChI=1S/C11H12O4/c1-5-6(2)8(10(12)13)4-9(7(5)3)11(14)15/h4H,1-3H3,(H,12,13)(H,14,15). The second-order valence-electron chi connectivity index (χ2n) is 3.46. The van der Waals surface area contributed by atoms with Gasteiger partial charge in [-0.3, -0.25) is 0 Å². The van der Waals surface area contributed by atoms with Crippen LogP contribution in [-0.2, 0) is 0 Å². The van der Waals surface area contributed by atoms with E-state index in [1.165, 1.54) is 6.07 Å². The van der Waals surface area contributed by atoms with Gasteiger partial charge in [-0.1, -0.05) is 0 Å². The van der Waals surface area contributed by atoms with Crippen LogP contribution in [0, 0.1) is 20.8 Å². The third-order valence-corrected chi connectivity index (χ3v) is 2.68. The summed E-state index contributed by atoms with van der Waals surface area (Å²) >= 11 is 0. The van der Waals surface area contributed by atoms with Gasteiger partial charge in [0.1, 0.15) is 0 Å². The van der Waals surface area contributed by atoms with E-state index in [1.807, 2.05) is 0 Å². The average molecular weight is 208 g/mol. The zero-order valence-corrected chi connectivity index (χ0v) is 8.79. The normalized spacial score (nSPS) is 10.1. The van der Waals surface area contributed by atoms with Crippen molar-refractivity contribution < 1.29 is 19.8 Å². The molecule has 1 rings (SSSR count). The number of hydrogen-bond acceptors (Lipinski definition) is 2. The SMILES string of the molecule is Cc1c(C(=O)O)cc(C(=O)O)c(C)c1C. The molecule has 4 heteroatoms. The van der Waals surface area contributed by atoms with Gasteiger partial charge in [0.2, 0.25) is 0 Å². The molecule has 0 spiro atoms. The summed E-state index contributed by atoms with van der Waals surface area (Å²) in [6.45, 7) is 5.08. The summed E-state index contributed by atoms with van der Waals surface area (Å²) in [5, 5.41) is 17.8. The highest BCUT2D eigenvalue weighted by Crippen LogP contribution is 2.21. The maximum Gasteiger partial charge on any atom is 0.335 e. The van der Waals surface area contributed by atoms with Crippen molar-refractivity contribution in [1.82, 2.24) is 0 Å². The molecule has 0 unspecified atom stereocenters. The van der Waals surface area contributed by atoms with Gasteiger partial charge in [-0.25, -0.2) is 9.59 Å². The molecule has 0 atom stereocenters. The van der Waals surface area contributed by atoms with Crippen molar-refractivity contribution in [1.29, 1.82) is 0 Å². The minimum Gasteiger partial charge on any atom is -0.478 e. The zero-order chi connectivity index (χ0) is 11.7. The molecule has 0 saturated carbocycles. The Morgan fingerprint density at radius 2 is 1.20 bits per heavy atom. The Morgan fingerprint density at radius 3 is 1.47 bits per heavy atom. The van der Waals surface area contributed by atoms with E-state index in [0.29, 0.717) is 16.7 Å². The van der Waals surface area contributed by atoms with Crippen LogP contribution in [0.1, 0.15) is 37.4 Å². The van der Waals surface area contributed by atoms with Gasteiger partial charge < -0.3 is 10.2 Å². The number of carbonyl (C=O) groups is 2. The number of carboxylic acids is 2. The molecule has 4 nitrogen and oxygen atoms in total. The van der Waals surface area contributed by atoms with Gasteiger partial charge in [0.25, 0.3) is 0 Å². The Hall–Kier alpha value is -1.84. The lowest BCUT2D eigenvalue weighted by atomic mass is 9.94. The van der Waals surface area contributed by atoms with Crippen molar-refractivity contribution in [3.63, 3.8) is 0 Å². The predicted octanol–water partition coefficient (Wildman–Crippen LogP) is 2.01. The van der Waals surface area contributed by atoms with Crippen LogP contribution in [0.25, 0.3) is 0 Å². The molecule has 80 valence electrons. The molecule has 0 aliphatic heterocycles. The first kappa shape index (κ1) is 11.2. The summed E-state index contributed by atoms with van der Waals surface area (Å²) in [5.41, 5.74) is 2.05. The van der Waals surface area contributed by atoms with E-state index in [0.717, 1.165) is 0 Å². The average Bonchev–Trinajstić information content (AvgIpc) is 2.13. The Kier molecular flexibility index (Phi) is 2.79. The molecule has 1 aromatic rings. The van der Waals surface area contributed by atoms with Crippen LogP contribution in [0.4, 0.5) is 0 Å². The molecule has 0 aliphatic carbocycles. The van der Waals surface area contributed by atoms with Crippen molar-refractivity contribution in [2.75, 3.05) is 0 Å². The van der Waals surface area contributed by atoms with Gasteiger partial charge in [-0.05, 0) is 43.5 Å². The van der Waals surface area contributed by atoms with Crippen molar-refractivity contribution >= 4 is 11.9 Å². The fraction of sp³-hybridized carbons (Fsp3) is 0.273. The Labute approximate surface area is 87.2 Å². The molecular weight excluding hydrogens is 196 g/mol. The Balaban J connectivity index is 3.59. The smallest absolute Gasteiger partial charge is 0.335 e. The third kappa shape index (κ3) is 1.83. The highest BCUT2D eigenvalue weighted by atomic mass is 16.4. The van der Waals surface area contributed by atoms with Gasteiger partial charge in [-0.2, -0.15) is 0 Å². The first-order chi connectivity index (χ1) is 6.86. The molecule has 0 aliphatic rings. The third-order valence-electron chi connectivity index (χ3n) is 2.68. The Morgan fingerprint density at radius 1 is 0.867 bits per heavy atom. The van der Waals surface area contributed by atoms with E-state index in [2.05, 4.69) is 0 Å². The lowest BCUT2D eigenvalue weighted by Gasteiger charge is -2.11. The number of rotatable bonds is 2. The monoisotopic (exact) mass is 208 g/mol. The highest BCUT2D eigenvalue weighted by molar-refractivity contribution is 5.96. The lowest BCUT2D eigenvalue weighted by molar-refractivity contribution is 0.0695. The largest absolute Gasteiger partial charge is 0.478 e. The van der Waals surface area contributed by atoms with E-state index < -0.39 is 11.9 Å². The summed E-state index contributed by atoms with van der Waals surface area (Å²) in [5.74, 6) is -2.20. The fourth-order valence-electron chi connectivity index (χ4n) is 1.49. The van der Waals surface area contributed by atoms with Gasteiger partial charge in [0, 0.05) is 0 Å². The van der Waals surface area contributed by atoms with Gasteiger partial charge in [0.15, 0.2) is 0 Å². The maximum atomic E-state index is 10.9. The minimum absolute atomic E-state index is 0.0514. The van der Waals surface area contributed by atoms with Crippen molar-refractivity contribution in [2.45, 2.75) is 20.8 Å². The molecule has 1 aromatic carbocycles. The minimum atomic E-state index is -1.10. The van der Waals surface area contributed by atoms with Crippen LogP contribution in [0.5, 0.6) is 0 Å². The van der Waals surface area contributed by atoms with Crippen LogP contribution in [0.3, 0.4) is 0 Å².